The van der Waals surface area contributed by atoms with Crippen LogP contribution in [0.15, 0.2) is 78.9 Å². The van der Waals surface area contributed by atoms with Crippen molar-refractivity contribution >= 4 is 11.9 Å². The molecule has 0 radical (unpaired) electrons. The number of aryl methyl sites for hydroxylation is 1. The molecule has 0 aliphatic heterocycles. The number of carboxylic acids is 1. The van der Waals surface area contributed by atoms with Gasteiger partial charge in [0.15, 0.2) is 5.69 Å². The first-order valence-corrected chi connectivity index (χ1v) is 11.4. The Balaban J connectivity index is 1.67. The lowest BCUT2D eigenvalue weighted by Gasteiger charge is -2.18. The molecule has 2 N–H and O–H groups in total. The lowest BCUT2D eigenvalue weighted by Crippen LogP contribution is -2.31. The van der Waals surface area contributed by atoms with Gasteiger partial charge in [-0.05, 0) is 36.2 Å². The van der Waals surface area contributed by atoms with Crippen molar-refractivity contribution in [2.24, 2.45) is 0 Å². The molecule has 1 heterocycles. The summed E-state index contributed by atoms with van der Waals surface area (Å²) in [5.74, 6) is -2.23. The highest BCUT2D eigenvalue weighted by Crippen LogP contribution is 2.25. The van der Waals surface area contributed by atoms with Crippen LogP contribution in [0.3, 0.4) is 0 Å². The highest BCUT2D eigenvalue weighted by Gasteiger charge is 2.24. The van der Waals surface area contributed by atoms with Crippen molar-refractivity contribution in [3.8, 4) is 17.6 Å². The molecule has 0 saturated heterocycles. The van der Waals surface area contributed by atoms with E-state index < -0.39 is 23.7 Å². The molecular weight excluding hydrogens is 475 g/mol. The maximum atomic E-state index is 14.6. The van der Waals surface area contributed by atoms with Crippen LogP contribution in [0, 0.1) is 24.1 Å². The van der Waals surface area contributed by atoms with E-state index in [9.17, 15) is 24.3 Å². The van der Waals surface area contributed by atoms with E-state index in [1.165, 1.54) is 28.9 Å². The minimum atomic E-state index is -1.08. The van der Waals surface area contributed by atoms with Gasteiger partial charge >= 0.3 is 5.97 Å². The number of aromatic nitrogens is 2. The number of carbonyl (C=O) groups is 2. The third-order valence-corrected chi connectivity index (χ3v) is 5.75. The zero-order valence-corrected chi connectivity index (χ0v) is 19.9. The van der Waals surface area contributed by atoms with E-state index in [2.05, 4.69) is 16.5 Å². The number of benzene rings is 3. The summed E-state index contributed by atoms with van der Waals surface area (Å²) in [6.07, 6.45) is -0.334. The van der Waals surface area contributed by atoms with Crippen LogP contribution in [0.5, 0.6) is 5.88 Å². The number of carboxylic acid groups (broad SMARTS) is 1. The summed E-state index contributed by atoms with van der Waals surface area (Å²) in [6, 6.07) is 22.6. The molecule has 0 aliphatic rings. The molecule has 0 unspecified atom stereocenters. The predicted octanol–water partition coefficient (Wildman–Crippen LogP) is 4.72. The maximum absolute atomic E-state index is 14.6. The first kappa shape index (κ1) is 25.1. The van der Waals surface area contributed by atoms with Gasteiger partial charge in [-0.15, -0.1) is 0 Å². The van der Waals surface area contributed by atoms with Gasteiger partial charge < -0.3 is 15.2 Å². The van der Waals surface area contributed by atoms with E-state index >= 15 is 0 Å². The Hall–Kier alpha value is -4.97. The Morgan fingerprint density at radius 1 is 1.11 bits per heavy atom. The molecule has 1 aromatic heterocycles. The molecule has 8 nitrogen and oxygen atoms in total. The van der Waals surface area contributed by atoms with Crippen molar-refractivity contribution in [2.75, 3.05) is 0 Å². The van der Waals surface area contributed by atoms with Crippen LogP contribution in [0.25, 0.3) is 5.69 Å². The fourth-order valence-electron chi connectivity index (χ4n) is 3.90. The molecule has 3 aromatic carbocycles. The maximum Gasteiger partial charge on any atom is 0.305 e. The van der Waals surface area contributed by atoms with E-state index in [-0.39, 0.29) is 30.3 Å². The van der Waals surface area contributed by atoms with Gasteiger partial charge in [-0.2, -0.15) is 15.0 Å². The van der Waals surface area contributed by atoms with Crippen molar-refractivity contribution < 1.29 is 23.8 Å². The number of halogens is 1. The third-order valence-electron chi connectivity index (χ3n) is 5.75. The van der Waals surface area contributed by atoms with E-state index in [1.54, 1.807) is 42.5 Å². The third kappa shape index (κ3) is 5.82. The number of nitrogens with one attached hydrogen (secondary N) is 1. The fraction of sp³-hybridized carbons (Fsp3) is 0.143. The number of amides is 1. The predicted molar refractivity (Wildman–Crippen MR) is 133 cm³/mol. The second-order valence-electron chi connectivity index (χ2n) is 8.27. The molecular formula is C28H23FN4O4. The number of ether oxygens (including phenoxy) is 1. The molecule has 9 heteroatoms. The SMILES string of the molecule is Cc1ccccc1[C@H](CC(=O)O)NC(=O)c1cc(OCc2ccccc2C#N)n(-c2ccccc2F)n1. The van der Waals surface area contributed by atoms with Crippen molar-refractivity contribution in [2.45, 2.75) is 26.0 Å². The minimum Gasteiger partial charge on any atom is -0.481 e. The molecule has 0 aliphatic carbocycles. The normalized spacial score (nSPS) is 11.4. The standard InChI is InChI=1S/C28H23FN4O4/c1-18-8-2-5-11-21(18)23(15-27(34)35)31-28(36)24-14-26(33(32-24)25-13-7-6-12-22(25)29)37-17-20-10-4-3-9-19(20)16-30/h2-14,23H,15,17H2,1H3,(H,31,36)(H,34,35)/t23-/m0/s1. The van der Waals surface area contributed by atoms with E-state index in [4.69, 9.17) is 4.74 Å². The number of nitriles is 1. The zero-order valence-electron chi connectivity index (χ0n) is 19.9. The fourth-order valence-corrected chi connectivity index (χ4v) is 3.90. The number of hydrogen-bond acceptors (Lipinski definition) is 5. The molecule has 186 valence electrons. The van der Waals surface area contributed by atoms with Gasteiger partial charge in [-0.3, -0.25) is 9.59 Å². The van der Waals surface area contributed by atoms with Crippen molar-refractivity contribution in [1.82, 2.24) is 15.1 Å². The van der Waals surface area contributed by atoms with E-state index in [1.807, 2.05) is 19.1 Å². The van der Waals surface area contributed by atoms with Crippen LogP contribution in [0.4, 0.5) is 4.39 Å². The van der Waals surface area contributed by atoms with Gasteiger partial charge in [-0.1, -0.05) is 54.6 Å². The van der Waals surface area contributed by atoms with Crippen LogP contribution >= 0.6 is 0 Å². The lowest BCUT2D eigenvalue weighted by molar-refractivity contribution is -0.137. The molecule has 0 spiro atoms. The number of rotatable bonds is 9. The number of nitrogens with zero attached hydrogens (tertiary/aromatic N) is 3. The van der Waals surface area contributed by atoms with Gasteiger partial charge in [0.05, 0.1) is 24.1 Å². The molecule has 4 aromatic rings. The van der Waals surface area contributed by atoms with Gasteiger partial charge in [-0.25, -0.2) is 4.39 Å². The second-order valence-corrected chi connectivity index (χ2v) is 8.27. The molecule has 1 atom stereocenters. The van der Waals surface area contributed by atoms with Crippen molar-refractivity contribution in [3.63, 3.8) is 0 Å². The van der Waals surface area contributed by atoms with Crippen LogP contribution in [0.2, 0.25) is 0 Å². The first-order valence-electron chi connectivity index (χ1n) is 11.4. The molecule has 0 saturated carbocycles. The van der Waals surface area contributed by atoms with Crippen molar-refractivity contribution in [3.05, 3.63) is 113 Å². The van der Waals surface area contributed by atoms with Crippen molar-refractivity contribution in [1.29, 1.82) is 5.26 Å². The summed E-state index contributed by atoms with van der Waals surface area (Å²) < 4.78 is 21.7. The molecule has 4 rings (SSSR count). The Morgan fingerprint density at radius 3 is 2.54 bits per heavy atom. The lowest BCUT2D eigenvalue weighted by atomic mass is 9.98. The summed E-state index contributed by atoms with van der Waals surface area (Å²) >= 11 is 0. The molecule has 0 fully saturated rings. The monoisotopic (exact) mass is 498 g/mol. The smallest absolute Gasteiger partial charge is 0.305 e. The summed E-state index contributed by atoms with van der Waals surface area (Å²) in [5.41, 5.74) is 2.50. The van der Waals surface area contributed by atoms with E-state index in [0.717, 1.165) is 5.56 Å². The van der Waals surface area contributed by atoms with Gasteiger partial charge in [0.2, 0.25) is 5.88 Å². The summed E-state index contributed by atoms with van der Waals surface area (Å²) in [5, 5.41) is 25.8. The molecule has 1 amide bonds. The van der Waals surface area contributed by atoms with E-state index in [0.29, 0.717) is 16.7 Å². The van der Waals surface area contributed by atoms with Gasteiger partial charge in [0.1, 0.15) is 18.1 Å². The van der Waals surface area contributed by atoms with Crippen LogP contribution < -0.4 is 10.1 Å². The summed E-state index contributed by atoms with van der Waals surface area (Å²) in [4.78, 5) is 24.7. The minimum absolute atomic E-state index is 0.0181. The number of carbonyl (C=O) groups excluding carboxylic acids is 1. The highest BCUT2D eigenvalue weighted by molar-refractivity contribution is 5.93. The van der Waals surface area contributed by atoms with Gasteiger partial charge in [0.25, 0.3) is 5.91 Å². The Morgan fingerprint density at radius 2 is 1.81 bits per heavy atom. The van der Waals surface area contributed by atoms with Gasteiger partial charge in [0, 0.05) is 11.6 Å². The summed E-state index contributed by atoms with van der Waals surface area (Å²) in [7, 11) is 0. The quantitative estimate of drug-likeness (QED) is 0.345. The molecule has 0 bridgehead atoms. The largest absolute Gasteiger partial charge is 0.481 e. The number of hydrogen-bond donors (Lipinski definition) is 2. The average Bonchev–Trinajstić information content (AvgIpc) is 3.31. The Kier molecular flexibility index (Phi) is 7.59. The number of aliphatic carboxylic acids is 1. The average molecular weight is 499 g/mol. The highest BCUT2D eigenvalue weighted by atomic mass is 19.1. The van der Waals surface area contributed by atoms with Crippen LogP contribution in [-0.2, 0) is 11.4 Å². The Bertz CT molecular complexity index is 1490. The van der Waals surface area contributed by atoms with Crippen LogP contribution in [-0.4, -0.2) is 26.8 Å². The summed E-state index contributed by atoms with van der Waals surface area (Å²) in [6.45, 7) is 1.81. The first-order chi connectivity index (χ1) is 17.9. The zero-order chi connectivity index (χ0) is 26.4. The Labute approximate surface area is 212 Å². The topological polar surface area (TPSA) is 117 Å². The number of para-hydroxylation sites is 1. The molecule has 37 heavy (non-hydrogen) atoms. The second kappa shape index (κ2) is 11.2. The van der Waals surface area contributed by atoms with Crippen LogP contribution in [0.1, 0.15) is 45.2 Å².